The monoisotopic (exact) mass is 377 g/mol. The minimum absolute atomic E-state index is 0.434. The minimum Gasteiger partial charge on any atom is -0.477 e. The molecule has 1 fully saturated rings. The summed E-state index contributed by atoms with van der Waals surface area (Å²) in [5.41, 5.74) is 1.01. The molecular weight excluding hydrogens is 342 g/mol. The summed E-state index contributed by atoms with van der Waals surface area (Å²) in [5.74, 6) is 1.51. The molecule has 0 saturated carbocycles. The van der Waals surface area contributed by atoms with Crippen molar-refractivity contribution in [3.05, 3.63) is 23.9 Å². The van der Waals surface area contributed by atoms with E-state index in [1.54, 1.807) is 6.20 Å². The van der Waals surface area contributed by atoms with Crippen molar-refractivity contribution in [1.82, 2.24) is 20.5 Å². The van der Waals surface area contributed by atoms with Crippen LogP contribution in [0.15, 0.2) is 23.3 Å². The number of rotatable bonds is 10. The Bertz CT molecular complexity index is 561. The number of morpholine rings is 1. The van der Waals surface area contributed by atoms with Gasteiger partial charge in [-0.3, -0.25) is 4.90 Å². The smallest absolute Gasteiger partial charge is 0.218 e. The van der Waals surface area contributed by atoms with Gasteiger partial charge in [-0.15, -0.1) is 0 Å². The van der Waals surface area contributed by atoms with E-state index in [-0.39, 0.29) is 0 Å². The van der Waals surface area contributed by atoms with Gasteiger partial charge in [0, 0.05) is 44.0 Å². The van der Waals surface area contributed by atoms with E-state index in [2.05, 4.69) is 41.3 Å². The highest BCUT2D eigenvalue weighted by Gasteiger charge is 2.17. The molecule has 1 aromatic heterocycles. The van der Waals surface area contributed by atoms with Crippen LogP contribution in [0, 0.1) is 0 Å². The molecule has 2 N–H and O–H groups in total. The summed E-state index contributed by atoms with van der Waals surface area (Å²) in [5, 5.41) is 6.77. The summed E-state index contributed by atoms with van der Waals surface area (Å²) < 4.78 is 11.2. The molecule has 152 valence electrons. The van der Waals surface area contributed by atoms with Crippen molar-refractivity contribution in [1.29, 1.82) is 0 Å². The number of nitrogens with zero attached hydrogens (tertiary/aromatic N) is 3. The second-order valence-corrected chi connectivity index (χ2v) is 6.74. The first-order valence-corrected chi connectivity index (χ1v) is 10.1. The van der Waals surface area contributed by atoms with Crippen molar-refractivity contribution in [2.24, 2.45) is 4.99 Å². The first kappa shape index (κ1) is 21.4. The SMILES string of the molecule is CCCCOc1ncccc1CN=C(NCC)NCC(C)N1CCOCC1. The van der Waals surface area contributed by atoms with Crippen molar-refractivity contribution < 1.29 is 9.47 Å². The Labute approximate surface area is 163 Å². The van der Waals surface area contributed by atoms with E-state index in [9.17, 15) is 0 Å². The third-order valence-electron chi connectivity index (χ3n) is 4.57. The number of nitrogens with one attached hydrogen (secondary N) is 2. The number of hydrogen-bond donors (Lipinski definition) is 2. The highest BCUT2D eigenvalue weighted by Crippen LogP contribution is 2.15. The van der Waals surface area contributed by atoms with Gasteiger partial charge in [0.15, 0.2) is 5.96 Å². The van der Waals surface area contributed by atoms with Crippen LogP contribution in [-0.4, -0.2) is 67.9 Å². The number of pyridine rings is 1. The van der Waals surface area contributed by atoms with Crippen LogP contribution in [0.1, 0.15) is 39.2 Å². The van der Waals surface area contributed by atoms with Crippen LogP contribution in [0.2, 0.25) is 0 Å². The third-order valence-corrected chi connectivity index (χ3v) is 4.57. The summed E-state index contributed by atoms with van der Waals surface area (Å²) in [4.78, 5) is 11.5. The van der Waals surface area contributed by atoms with Crippen LogP contribution >= 0.6 is 0 Å². The second-order valence-electron chi connectivity index (χ2n) is 6.74. The van der Waals surface area contributed by atoms with Crippen molar-refractivity contribution in [2.45, 2.75) is 46.2 Å². The zero-order valence-electron chi connectivity index (χ0n) is 17.0. The number of hydrogen-bond acceptors (Lipinski definition) is 5. The Hall–Kier alpha value is -1.86. The Morgan fingerprint density at radius 2 is 2.15 bits per heavy atom. The molecule has 7 heteroatoms. The van der Waals surface area contributed by atoms with E-state index in [0.29, 0.717) is 25.1 Å². The Kier molecular flexibility index (Phi) is 9.94. The lowest BCUT2D eigenvalue weighted by molar-refractivity contribution is 0.0211. The molecule has 0 amide bonds. The molecule has 1 aliphatic rings. The summed E-state index contributed by atoms with van der Waals surface area (Å²) >= 11 is 0. The van der Waals surface area contributed by atoms with Crippen LogP contribution in [0.5, 0.6) is 5.88 Å². The summed E-state index contributed by atoms with van der Waals surface area (Å²) in [7, 11) is 0. The van der Waals surface area contributed by atoms with Gasteiger partial charge >= 0.3 is 0 Å². The molecular formula is C20H35N5O2. The minimum atomic E-state index is 0.434. The molecule has 2 rings (SSSR count). The molecule has 1 atom stereocenters. The zero-order valence-corrected chi connectivity index (χ0v) is 17.0. The fraction of sp³-hybridized carbons (Fsp3) is 0.700. The lowest BCUT2D eigenvalue weighted by Crippen LogP contribution is -2.49. The fourth-order valence-electron chi connectivity index (χ4n) is 2.89. The van der Waals surface area contributed by atoms with E-state index in [4.69, 9.17) is 14.5 Å². The predicted molar refractivity (Wildman–Crippen MR) is 109 cm³/mol. The van der Waals surface area contributed by atoms with Crippen molar-refractivity contribution in [3.63, 3.8) is 0 Å². The molecule has 0 aliphatic carbocycles. The first-order chi connectivity index (χ1) is 13.2. The quantitative estimate of drug-likeness (QED) is 0.369. The van der Waals surface area contributed by atoms with E-state index in [0.717, 1.165) is 63.8 Å². The van der Waals surface area contributed by atoms with Gasteiger partial charge in [0.25, 0.3) is 0 Å². The average Bonchev–Trinajstić information content (AvgIpc) is 2.71. The largest absolute Gasteiger partial charge is 0.477 e. The normalized spacial score (nSPS) is 16.8. The van der Waals surface area contributed by atoms with Crippen molar-refractivity contribution in [3.8, 4) is 5.88 Å². The number of unbranched alkanes of at least 4 members (excludes halogenated alkanes) is 1. The fourth-order valence-corrected chi connectivity index (χ4v) is 2.89. The van der Waals surface area contributed by atoms with Crippen LogP contribution in [0.25, 0.3) is 0 Å². The number of ether oxygens (including phenoxy) is 2. The van der Waals surface area contributed by atoms with Gasteiger partial charge in [-0.2, -0.15) is 0 Å². The van der Waals surface area contributed by atoms with Crippen molar-refractivity contribution >= 4 is 5.96 Å². The third kappa shape index (κ3) is 7.72. The molecule has 0 bridgehead atoms. The van der Waals surface area contributed by atoms with Gasteiger partial charge in [0.1, 0.15) is 0 Å². The number of guanidine groups is 1. The molecule has 0 spiro atoms. The van der Waals surface area contributed by atoms with E-state index in [1.165, 1.54) is 0 Å². The average molecular weight is 378 g/mol. The van der Waals surface area contributed by atoms with Crippen molar-refractivity contribution in [2.75, 3.05) is 46.0 Å². The Morgan fingerprint density at radius 1 is 1.33 bits per heavy atom. The molecule has 0 radical (unpaired) electrons. The number of aromatic nitrogens is 1. The van der Waals surface area contributed by atoms with Crippen LogP contribution in [-0.2, 0) is 11.3 Å². The van der Waals surface area contributed by atoms with Gasteiger partial charge in [-0.25, -0.2) is 9.98 Å². The van der Waals surface area contributed by atoms with Gasteiger partial charge in [0.2, 0.25) is 5.88 Å². The Balaban J connectivity index is 1.90. The van der Waals surface area contributed by atoms with Crippen LogP contribution in [0.3, 0.4) is 0 Å². The van der Waals surface area contributed by atoms with E-state index >= 15 is 0 Å². The molecule has 0 aromatic carbocycles. The van der Waals surface area contributed by atoms with Crippen LogP contribution < -0.4 is 15.4 Å². The topological polar surface area (TPSA) is 71.0 Å². The molecule has 1 saturated heterocycles. The highest BCUT2D eigenvalue weighted by molar-refractivity contribution is 5.79. The van der Waals surface area contributed by atoms with Gasteiger partial charge in [-0.05, 0) is 26.3 Å². The highest BCUT2D eigenvalue weighted by atomic mass is 16.5. The molecule has 1 unspecified atom stereocenters. The maximum Gasteiger partial charge on any atom is 0.218 e. The van der Waals surface area contributed by atoms with Gasteiger partial charge < -0.3 is 20.1 Å². The first-order valence-electron chi connectivity index (χ1n) is 10.1. The maximum absolute atomic E-state index is 5.81. The second kappa shape index (κ2) is 12.5. The Morgan fingerprint density at radius 3 is 2.89 bits per heavy atom. The van der Waals surface area contributed by atoms with E-state index in [1.807, 2.05) is 12.1 Å². The lowest BCUT2D eigenvalue weighted by atomic mass is 10.2. The number of aliphatic imine (C=N–C) groups is 1. The zero-order chi connectivity index (χ0) is 19.3. The molecule has 1 aliphatic heterocycles. The summed E-state index contributed by atoms with van der Waals surface area (Å²) in [6.45, 7) is 13.0. The summed E-state index contributed by atoms with van der Waals surface area (Å²) in [6.07, 6.45) is 3.90. The van der Waals surface area contributed by atoms with E-state index < -0.39 is 0 Å². The molecule has 7 nitrogen and oxygen atoms in total. The molecule has 2 heterocycles. The predicted octanol–water partition coefficient (Wildman–Crippen LogP) is 2.04. The van der Waals surface area contributed by atoms with Gasteiger partial charge in [-0.1, -0.05) is 19.4 Å². The molecule has 1 aromatic rings. The molecule has 27 heavy (non-hydrogen) atoms. The summed E-state index contributed by atoms with van der Waals surface area (Å²) in [6, 6.07) is 4.39. The van der Waals surface area contributed by atoms with Crippen LogP contribution in [0.4, 0.5) is 0 Å². The standard InChI is InChI=1S/C20H35N5O2/c1-4-6-12-27-19-18(8-7-9-22-19)16-24-20(21-5-2)23-15-17(3)25-10-13-26-14-11-25/h7-9,17H,4-6,10-16H2,1-3H3,(H2,21,23,24). The lowest BCUT2D eigenvalue weighted by Gasteiger charge is -2.32. The van der Waals surface area contributed by atoms with Gasteiger partial charge in [0.05, 0.1) is 26.4 Å². The maximum atomic E-state index is 5.81.